The van der Waals surface area contributed by atoms with Crippen molar-refractivity contribution in [3.05, 3.63) is 48.3 Å². The van der Waals surface area contributed by atoms with Crippen molar-refractivity contribution in [3.63, 3.8) is 0 Å². The smallest absolute Gasteiger partial charge is 0.128 e. The lowest BCUT2D eigenvalue weighted by Crippen LogP contribution is -2.47. The second-order valence-electron chi connectivity index (χ2n) is 4.32. The zero-order chi connectivity index (χ0) is 12.5. The summed E-state index contributed by atoms with van der Waals surface area (Å²) in [5.74, 6) is -0.751. The van der Waals surface area contributed by atoms with Gasteiger partial charge in [-0.15, -0.1) is 6.58 Å². The van der Waals surface area contributed by atoms with Gasteiger partial charge in [0.15, 0.2) is 0 Å². The SMILES string of the molecule is C=C[C@H]1OC[C@@](N)(c2ccccc2F)[C@@H]1CO. The molecule has 1 aromatic rings. The van der Waals surface area contributed by atoms with E-state index in [0.717, 1.165) is 0 Å². The van der Waals surface area contributed by atoms with E-state index in [1.807, 2.05) is 0 Å². The maximum atomic E-state index is 13.8. The molecule has 1 aliphatic rings. The first kappa shape index (κ1) is 12.2. The molecule has 0 unspecified atom stereocenters. The summed E-state index contributed by atoms with van der Waals surface area (Å²) in [7, 11) is 0. The summed E-state index contributed by atoms with van der Waals surface area (Å²) in [6.45, 7) is 3.65. The van der Waals surface area contributed by atoms with Gasteiger partial charge in [0.1, 0.15) is 5.82 Å². The molecule has 0 saturated carbocycles. The number of ether oxygens (including phenoxy) is 1. The van der Waals surface area contributed by atoms with Crippen molar-refractivity contribution >= 4 is 0 Å². The van der Waals surface area contributed by atoms with E-state index in [1.54, 1.807) is 24.3 Å². The predicted octanol–water partition coefficient (Wildman–Crippen LogP) is 1.17. The van der Waals surface area contributed by atoms with Crippen LogP contribution in [0.15, 0.2) is 36.9 Å². The molecule has 1 aromatic carbocycles. The fourth-order valence-corrected chi connectivity index (χ4v) is 2.37. The highest BCUT2D eigenvalue weighted by atomic mass is 19.1. The van der Waals surface area contributed by atoms with Crippen LogP contribution in [0.25, 0.3) is 0 Å². The topological polar surface area (TPSA) is 55.5 Å². The molecular formula is C13H16FNO2. The number of halogens is 1. The summed E-state index contributed by atoms with van der Waals surface area (Å²) in [6.07, 6.45) is 1.25. The van der Waals surface area contributed by atoms with Crippen LogP contribution >= 0.6 is 0 Å². The molecular weight excluding hydrogens is 221 g/mol. The molecule has 0 radical (unpaired) electrons. The summed E-state index contributed by atoms with van der Waals surface area (Å²) < 4.78 is 19.2. The molecule has 17 heavy (non-hydrogen) atoms. The van der Waals surface area contributed by atoms with Crippen molar-refractivity contribution < 1.29 is 14.2 Å². The molecule has 92 valence electrons. The third-order valence-electron chi connectivity index (χ3n) is 3.38. The summed E-state index contributed by atoms with van der Waals surface area (Å²) >= 11 is 0. The van der Waals surface area contributed by atoms with Gasteiger partial charge < -0.3 is 15.6 Å². The fourth-order valence-electron chi connectivity index (χ4n) is 2.37. The van der Waals surface area contributed by atoms with Gasteiger partial charge in [-0.05, 0) is 6.07 Å². The number of hydrogen-bond donors (Lipinski definition) is 2. The second-order valence-corrected chi connectivity index (χ2v) is 4.32. The van der Waals surface area contributed by atoms with E-state index in [9.17, 15) is 9.50 Å². The third kappa shape index (κ3) is 1.88. The van der Waals surface area contributed by atoms with Gasteiger partial charge >= 0.3 is 0 Å². The van der Waals surface area contributed by atoms with Crippen LogP contribution in [0.4, 0.5) is 4.39 Å². The Hall–Kier alpha value is -1.23. The number of nitrogens with two attached hydrogens (primary N) is 1. The van der Waals surface area contributed by atoms with E-state index >= 15 is 0 Å². The van der Waals surface area contributed by atoms with Crippen LogP contribution in [-0.4, -0.2) is 24.4 Å². The Kier molecular flexibility index (Phi) is 3.28. The van der Waals surface area contributed by atoms with Gasteiger partial charge in [0.05, 0.1) is 24.9 Å². The molecule has 0 aromatic heterocycles. The van der Waals surface area contributed by atoms with Gasteiger partial charge in [-0.25, -0.2) is 4.39 Å². The molecule has 4 heteroatoms. The highest BCUT2D eigenvalue weighted by Gasteiger charge is 2.47. The standard InChI is InChI=1S/C13H16FNO2/c1-2-12-10(7-16)13(15,8-17-12)9-5-3-4-6-11(9)14/h2-6,10,12,16H,1,7-8,15H2/t10-,12-,13-/m1/s1. The Morgan fingerprint density at radius 2 is 2.29 bits per heavy atom. The molecule has 0 aliphatic carbocycles. The van der Waals surface area contributed by atoms with E-state index in [-0.39, 0.29) is 31.1 Å². The second kappa shape index (κ2) is 4.56. The molecule has 0 amide bonds. The minimum Gasteiger partial charge on any atom is -0.396 e. The van der Waals surface area contributed by atoms with Crippen LogP contribution in [0.3, 0.4) is 0 Å². The first-order valence-electron chi connectivity index (χ1n) is 5.52. The number of benzene rings is 1. The molecule has 0 bridgehead atoms. The van der Waals surface area contributed by atoms with Crippen LogP contribution < -0.4 is 5.73 Å². The highest BCUT2D eigenvalue weighted by Crippen LogP contribution is 2.38. The van der Waals surface area contributed by atoms with Crippen molar-refractivity contribution in [2.24, 2.45) is 11.7 Å². The van der Waals surface area contributed by atoms with Gasteiger partial charge in [-0.3, -0.25) is 0 Å². The Morgan fingerprint density at radius 3 is 2.88 bits per heavy atom. The molecule has 3 nitrogen and oxygen atoms in total. The number of aliphatic hydroxyl groups is 1. The molecule has 1 aliphatic heterocycles. The summed E-state index contributed by atoms with van der Waals surface area (Å²) in [6, 6.07) is 6.33. The van der Waals surface area contributed by atoms with Gasteiger partial charge in [-0.2, -0.15) is 0 Å². The van der Waals surface area contributed by atoms with Crippen LogP contribution in [0, 0.1) is 11.7 Å². The van der Waals surface area contributed by atoms with Crippen molar-refractivity contribution in [2.45, 2.75) is 11.6 Å². The Bertz CT molecular complexity index is 424. The summed E-state index contributed by atoms with van der Waals surface area (Å²) in [5.41, 5.74) is 5.61. The predicted molar refractivity (Wildman–Crippen MR) is 62.8 cm³/mol. The van der Waals surface area contributed by atoms with Crippen LogP contribution in [0.5, 0.6) is 0 Å². The average Bonchev–Trinajstić information content (AvgIpc) is 2.67. The normalized spacial score (nSPS) is 32.6. The zero-order valence-electron chi connectivity index (χ0n) is 9.47. The van der Waals surface area contributed by atoms with Gasteiger partial charge in [0.2, 0.25) is 0 Å². The summed E-state index contributed by atoms with van der Waals surface area (Å²) in [4.78, 5) is 0. The fraction of sp³-hybridized carbons (Fsp3) is 0.385. The quantitative estimate of drug-likeness (QED) is 0.776. The largest absolute Gasteiger partial charge is 0.396 e. The lowest BCUT2D eigenvalue weighted by atomic mass is 9.79. The minimum atomic E-state index is -1.00. The maximum Gasteiger partial charge on any atom is 0.128 e. The molecule has 0 spiro atoms. The first-order chi connectivity index (χ1) is 8.13. The third-order valence-corrected chi connectivity index (χ3v) is 3.38. The van der Waals surface area contributed by atoms with Crippen molar-refractivity contribution in [1.29, 1.82) is 0 Å². The van der Waals surface area contributed by atoms with E-state index < -0.39 is 5.54 Å². The average molecular weight is 237 g/mol. The van der Waals surface area contributed by atoms with Gasteiger partial charge in [0.25, 0.3) is 0 Å². The van der Waals surface area contributed by atoms with Crippen LogP contribution in [0.1, 0.15) is 5.56 Å². The number of rotatable bonds is 3. The molecule has 1 heterocycles. The van der Waals surface area contributed by atoms with Crippen LogP contribution in [-0.2, 0) is 10.3 Å². The monoisotopic (exact) mass is 237 g/mol. The Labute approximate surface area is 99.7 Å². The van der Waals surface area contributed by atoms with Crippen molar-refractivity contribution in [2.75, 3.05) is 13.2 Å². The lowest BCUT2D eigenvalue weighted by molar-refractivity contribution is 0.107. The molecule has 3 N–H and O–H groups in total. The number of hydrogen-bond acceptors (Lipinski definition) is 3. The van der Waals surface area contributed by atoms with Crippen LogP contribution in [0.2, 0.25) is 0 Å². The Balaban J connectivity index is 2.43. The first-order valence-corrected chi connectivity index (χ1v) is 5.52. The van der Waals surface area contributed by atoms with E-state index in [2.05, 4.69) is 6.58 Å². The number of aliphatic hydroxyl groups excluding tert-OH is 1. The summed E-state index contributed by atoms with van der Waals surface area (Å²) in [5, 5.41) is 9.43. The van der Waals surface area contributed by atoms with Crippen molar-refractivity contribution in [3.8, 4) is 0 Å². The zero-order valence-corrected chi connectivity index (χ0v) is 9.47. The minimum absolute atomic E-state index is 0.165. The maximum absolute atomic E-state index is 13.8. The molecule has 1 fully saturated rings. The van der Waals surface area contributed by atoms with Crippen molar-refractivity contribution in [1.82, 2.24) is 0 Å². The molecule has 1 saturated heterocycles. The van der Waals surface area contributed by atoms with E-state index in [0.29, 0.717) is 5.56 Å². The van der Waals surface area contributed by atoms with Gasteiger partial charge in [0, 0.05) is 11.5 Å². The lowest BCUT2D eigenvalue weighted by Gasteiger charge is -2.30. The molecule has 3 atom stereocenters. The van der Waals surface area contributed by atoms with E-state index in [4.69, 9.17) is 10.5 Å². The highest BCUT2D eigenvalue weighted by molar-refractivity contribution is 5.29. The van der Waals surface area contributed by atoms with Gasteiger partial charge in [-0.1, -0.05) is 24.3 Å². The molecule has 2 rings (SSSR count). The Morgan fingerprint density at radius 1 is 1.59 bits per heavy atom. The van der Waals surface area contributed by atoms with E-state index in [1.165, 1.54) is 6.07 Å².